The number of hydrogen-bond acceptors (Lipinski definition) is 4. The van der Waals surface area contributed by atoms with E-state index in [2.05, 4.69) is 6.92 Å². The van der Waals surface area contributed by atoms with E-state index in [0.717, 1.165) is 30.4 Å². The van der Waals surface area contributed by atoms with E-state index >= 15 is 0 Å². The molecule has 1 aliphatic heterocycles. The number of amides is 1. The number of methoxy groups -OCH3 is 1. The van der Waals surface area contributed by atoms with Crippen LogP contribution in [0.4, 0.5) is 0 Å². The van der Waals surface area contributed by atoms with Gasteiger partial charge in [-0.05, 0) is 54.7 Å². The summed E-state index contributed by atoms with van der Waals surface area (Å²) in [5, 5.41) is 11.2. The molecule has 0 saturated carbocycles. The van der Waals surface area contributed by atoms with Gasteiger partial charge in [-0.2, -0.15) is 0 Å². The molecular weight excluding hydrogens is 378 g/mol. The van der Waals surface area contributed by atoms with Crippen molar-refractivity contribution in [3.63, 3.8) is 0 Å². The molecule has 1 fully saturated rings. The summed E-state index contributed by atoms with van der Waals surface area (Å²) in [5.74, 6) is -0.666. The maximum Gasteiger partial charge on any atom is 0.295 e. The van der Waals surface area contributed by atoms with Crippen LogP contribution in [-0.2, 0) is 16.0 Å². The molecule has 1 saturated heterocycles. The number of ketones is 1. The minimum absolute atomic E-state index is 0.142. The Balaban J connectivity index is 2.16. The standard InChI is InChI=1S/C25H29NO4/c1-5-7-14-26-22(18-10-8-17(6-2)9-11-18)21(24(28)25(26)29)23(27)20-13-12-19(30-4)15-16(20)3/h8-13,15,22,27H,5-7,14H2,1-4H3/b23-21-. The summed E-state index contributed by atoms with van der Waals surface area (Å²) in [7, 11) is 1.58. The highest BCUT2D eigenvalue weighted by Gasteiger charge is 2.45. The van der Waals surface area contributed by atoms with Crippen LogP contribution in [0.15, 0.2) is 48.0 Å². The Bertz CT molecular complexity index is 975. The monoisotopic (exact) mass is 407 g/mol. The van der Waals surface area contributed by atoms with Gasteiger partial charge in [0.05, 0.1) is 18.7 Å². The van der Waals surface area contributed by atoms with Crippen LogP contribution >= 0.6 is 0 Å². The molecule has 158 valence electrons. The Morgan fingerprint density at radius 1 is 1.10 bits per heavy atom. The molecule has 1 aliphatic rings. The van der Waals surface area contributed by atoms with Gasteiger partial charge in [-0.1, -0.05) is 44.5 Å². The largest absolute Gasteiger partial charge is 0.507 e. The van der Waals surface area contributed by atoms with E-state index in [4.69, 9.17) is 4.74 Å². The third-order valence-corrected chi connectivity index (χ3v) is 5.68. The first-order valence-corrected chi connectivity index (χ1v) is 10.4. The third kappa shape index (κ3) is 3.97. The van der Waals surface area contributed by atoms with E-state index in [1.165, 1.54) is 5.56 Å². The number of ether oxygens (including phenoxy) is 1. The van der Waals surface area contributed by atoms with Crippen molar-refractivity contribution >= 4 is 17.4 Å². The van der Waals surface area contributed by atoms with E-state index in [0.29, 0.717) is 17.9 Å². The lowest BCUT2D eigenvalue weighted by Gasteiger charge is -2.25. The van der Waals surface area contributed by atoms with Gasteiger partial charge < -0.3 is 14.7 Å². The average Bonchev–Trinajstić information content (AvgIpc) is 3.01. The number of aliphatic hydroxyl groups is 1. The minimum atomic E-state index is -0.636. The smallest absolute Gasteiger partial charge is 0.295 e. The van der Waals surface area contributed by atoms with E-state index in [1.807, 2.05) is 38.1 Å². The molecule has 2 aromatic carbocycles. The number of rotatable bonds is 7. The number of carbonyl (C=O) groups is 2. The second-order valence-corrected chi connectivity index (χ2v) is 7.62. The average molecular weight is 408 g/mol. The van der Waals surface area contributed by atoms with Crippen molar-refractivity contribution in [2.24, 2.45) is 0 Å². The number of nitrogens with zero attached hydrogens (tertiary/aromatic N) is 1. The molecule has 0 aromatic heterocycles. The highest BCUT2D eigenvalue weighted by atomic mass is 16.5. The quantitative estimate of drug-likeness (QED) is 0.407. The summed E-state index contributed by atoms with van der Waals surface area (Å²) in [6.45, 7) is 6.44. The van der Waals surface area contributed by atoms with Gasteiger partial charge in [-0.15, -0.1) is 0 Å². The summed E-state index contributed by atoms with van der Waals surface area (Å²) < 4.78 is 5.24. The highest BCUT2D eigenvalue weighted by Crippen LogP contribution is 2.40. The van der Waals surface area contributed by atoms with Crippen LogP contribution in [0.3, 0.4) is 0 Å². The van der Waals surface area contributed by atoms with Crippen LogP contribution in [0.1, 0.15) is 55.0 Å². The van der Waals surface area contributed by atoms with Crippen LogP contribution in [0.25, 0.3) is 5.76 Å². The summed E-state index contributed by atoms with van der Waals surface area (Å²) in [4.78, 5) is 27.5. The van der Waals surface area contributed by atoms with Gasteiger partial charge in [-0.25, -0.2) is 0 Å². The van der Waals surface area contributed by atoms with Crippen molar-refractivity contribution in [3.05, 3.63) is 70.3 Å². The lowest BCUT2D eigenvalue weighted by Crippen LogP contribution is -2.30. The van der Waals surface area contributed by atoms with Crippen LogP contribution in [0.5, 0.6) is 5.75 Å². The van der Waals surface area contributed by atoms with Crippen molar-refractivity contribution < 1.29 is 19.4 Å². The molecule has 2 aromatic rings. The molecule has 1 amide bonds. The minimum Gasteiger partial charge on any atom is -0.507 e. The van der Waals surface area contributed by atoms with Crippen LogP contribution < -0.4 is 4.74 Å². The van der Waals surface area contributed by atoms with Crippen molar-refractivity contribution in [3.8, 4) is 5.75 Å². The molecular formula is C25H29NO4. The molecule has 0 radical (unpaired) electrons. The molecule has 5 heteroatoms. The Morgan fingerprint density at radius 2 is 1.80 bits per heavy atom. The number of unbranched alkanes of at least 4 members (excludes halogenated alkanes) is 1. The Hall–Kier alpha value is -3.08. The summed E-state index contributed by atoms with van der Waals surface area (Å²) >= 11 is 0. The number of aryl methyl sites for hydroxylation is 2. The number of benzene rings is 2. The topological polar surface area (TPSA) is 66.8 Å². The first-order chi connectivity index (χ1) is 14.4. The summed E-state index contributed by atoms with van der Waals surface area (Å²) in [6.07, 6.45) is 2.60. The first kappa shape index (κ1) is 21.6. The summed E-state index contributed by atoms with van der Waals surface area (Å²) in [5.41, 5.74) is 3.45. The van der Waals surface area contributed by atoms with Gasteiger partial charge >= 0.3 is 0 Å². The molecule has 1 heterocycles. The number of Topliss-reactive ketones (excluding diaryl/α,β-unsaturated/α-hetero) is 1. The number of hydrogen-bond donors (Lipinski definition) is 1. The van der Waals surface area contributed by atoms with Crippen molar-refractivity contribution in [1.29, 1.82) is 0 Å². The number of aliphatic hydroxyl groups excluding tert-OH is 1. The fourth-order valence-electron chi connectivity index (χ4n) is 3.90. The maximum absolute atomic E-state index is 13.0. The van der Waals surface area contributed by atoms with E-state index in [-0.39, 0.29) is 11.3 Å². The van der Waals surface area contributed by atoms with Gasteiger partial charge in [0.15, 0.2) is 0 Å². The van der Waals surface area contributed by atoms with E-state index in [9.17, 15) is 14.7 Å². The van der Waals surface area contributed by atoms with Crippen molar-refractivity contribution in [2.45, 2.75) is 46.1 Å². The first-order valence-electron chi connectivity index (χ1n) is 10.4. The Labute approximate surface area is 178 Å². The fraction of sp³-hybridized carbons (Fsp3) is 0.360. The van der Waals surface area contributed by atoms with Crippen LogP contribution in [0, 0.1) is 6.92 Å². The lowest BCUT2D eigenvalue weighted by atomic mass is 9.93. The Morgan fingerprint density at radius 3 is 2.37 bits per heavy atom. The molecule has 1 unspecified atom stereocenters. The molecule has 0 bridgehead atoms. The van der Waals surface area contributed by atoms with Gasteiger partial charge in [0.1, 0.15) is 11.5 Å². The summed E-state index contributed by atoms with van der Waals surface area (Å²) in [6, 6.07) is 12.6. The van der Waals surface area contributed by atoms with Crippen molar-refractivity contribution in [1.82, 2.24) is 4.90 Å². The lowest BCUT2D eigenvalue weighted by molar-refractivity contribution is -0.139. The molecule has 0 spiro atoms. The zero-order valence-corrected chi connectivity index (χ0v) is 18.1. The van der Waals surface area contributed by atoms with Gasteiger partial charge in [-0.3, -0.25) is 9.59 Å². The molecule has 1 N–H and O–H groups in total. The van der Waals surface area contributed by atoms with Gasteiger partial charge in [0, 0.05) is 12.1 Å². The maximum atomic E-state index is 13.0. The predicted octanol–water partition coefficient (Wildman–Crippen LogP) is 4.79. The normalized spacial score (nSPS) is 18.1. The second-order valence-electron chi connectivity index (χ2n) is 7.62. The zero-order valence-electron chi connectivity index (χ0n) is 18.1. The molecule has 5 nitrogen and oxygen atoms in total. The van der Waals surface area contributed by atoms with Gasteiger partial charge in [0.2, 0.25) is 0 Å². The fourth-order valence-corrected chi connectivity index (χ4v) is 3.90. The molecule has 0 aliphatic carbocycles. The highest BCUT2D eigenvalue weighted by molar-refractivity contribution is 6.46. The van der Waals surface area contributed by atoms with Crippen molar-refractivity contribution in [2.75, 3.05) is 13.7 Å². The zero-order chi connectivity index (χ0) is 21.8. The van der Waals surface area contributed by atoms with E-state index in [1.54, 1.807) is 30.2 Å². The number of carbonyl (C=O) groups excluding carboxylic acids is 2. The molecule has 1 atom stereocenters. The second kappa shape index (κ2) is 9.16. The van der Waals surface area contributed by atoms with Gasteiger partial charge in [0.25, 0.3) is 11.7 Å². The SMILES string of the molecule is CCCCN1C(=O)C(=O)/C(=C(\O)c2ccc(OC)cc2C)C1c1ccc(CC)cc1. The molecule has 30 heavy (non-hydrogen) atoms. The van der Waals surface area contributed by atoms with Crippen LogP contribution in [-0.4, -0.2) is 35.4 Å². The number of likely N-dealkylation sites (tertiary alicyclic amines) is 1. The predicted molar refractivity (Wildman–Crippen MR) is 117 cm³/mol. The Kier molecular flexibility index (Phi) is 6.60. The van der Waals surface area contributed by atoms with Crippen LogP contribution in [0.2, 0.25) is 0 Å². The molecule has 3 rings (SSSR count). The van der Waals surface area contributed by atoms with E-state index < -0.39 is 17.7 Å². The third-order valence-electron chi connectivity index (χ3n) is 5.68.